The van der Waals surface area contributed by atoms with Crippen molar-refractivity contribution in [2.75, 3.05) is 36.0 Å². The van der Waals surface area contributed by atoms with Crippen LogP contribution in [0.25, 0.3) is 0 Å². The molecule has 6 saturated heterocycles. The van der Waals surface area contributed by atoms with Gasteiger partial charge in [-0.2, -0.15) is 10.5 Å². The first-order valence-electron chi connectivity index (χ1n) is 14.6. The van der Waals surface area contributed by atoms with Crippen molar-refractivity contribution in [2.24, 2.45) is 0 Å². The topological polar surface area (TPSA) is 77.6 Å². The van der Waals surface area contributed by atoms with Crippen molar-refractivity contribution in [3.63, 3.8) is 0 Å². The van der Waals surface area contributed by atoms with Gasteiger partial charge in [-0.05, 0) is 73.7 Å². The summed E-state index contributed by atoms with van der Waals surface area (Å²) in [6.45, 7) is 8.44. The van der Waals surface area contributed by atoms with E-state index in [9.17, 15) is 15.3 Å². The third kappa shape index (κ3) is 4.24. The van der Waals surface area contributed by atoms with Gasteiger partial charge in [0.05, 0.1) is 34.6 Å². The summed E-state index contributed by atoms with van der Waals surface area (Å²) in [4.78, 5) is 23.2. The number of piperidine rings is 2. The Balaban J connectivity index is 1.05. The second-order valence-corrected chi connectivity index (χ2v) is 12.1. The van der Waals surface area contributed by atoms with Crippen molar-refractivity contribution in [1.29, 1.82) is 10.5 Å². The third-order valence-corrected chi connectivity index (χ3v) is 9.77. The maximum Gasteiger partial charge on any atom is 0.254 e. The lowest BCUT2D eigenvalue weighted by atomic mass is 9.84. The normalized spacial score (nSPS) is 24.6. The summed E-state index contributed by atoms with van der Waals surface area (Å²) in [6, 6.07) is 25.9. The van der Waals surface area contributed by atoms with Gasteiger partial charge in [0.15, 0.2) is 0 Å². The lowest BCUT2D eigenvalue weighted by Gasteiger charge is -2.57. The summed E-state index contributed by atoms with van der Waals surface area (Å²) in [5.74, 6) is 0.140. The molecule has 4 atom stereocenters. The number of piperazine rings is 2. The van der Waals surface area contributed by atoms with Gasteiger partial charge in [0.2, 0.25) is 0 Å². The quantitative estimate of drug-likeness (QED) is 0.469. The Morgan fingerprint density at radius 2 is 1.27 bits per heavy atom. The van der Waals surface area contributed by atoms with Crippen LogP contribution in [0.3, 0.4) is 0 Å². The summed E-state index contributed by atoms with van der Waals surface area (Å²) >= 11 is 0. The van der Waals surface area contributed by atoms with Crippen LogP contribution in [0.5, 0.6) is 0 Å². The summed E-state index contributed by atoms with van der Waals surface area (Å²) in [7, 11) is 0. The van der Waals surface area contributed by atoms with Crippen LogP contribution in [-0.4, -0.2) is 66.1 Å². The molecule has 1 amide bonds. The third-order valence-electron chi connectivity index (χ3n) is 9.77. The Hall–Kier alpha value is -4.33. The Labute approximate surface area is 241 Å². The van der Waals surface area contributed by atoms with Crippen molar-refractivity contribution in [3.05, 3.63) is 94.0 Å². The molecule has 9 rings (SSSR count). The second kappa shape index (κ2) is 9.94. The monoisotopic (exact) mass is 542 g/mol. The van der Waals surface area contributed by atoms with E-state index in [4.69, 9.17) is 0 Å². The Bertz CT molecular complexity index is 1590. The van der Waals surface area contributed by atoms with Crippen LogP contribution < -0.4 is 9.80 Å². The highest BCUT2D eigenvalue weighted by molar-refractivity contribution is 5.97. The minimum absolute atomic E-state index is 0.140. The molecule has 206 valence electrons. The van der Waals surface area contributed by atoms with Gasteiger partial charge in [-0.3, -0.25) is 9.69 Å². The lowest BCUT2D eigenvalue weighted by Crippen LogP contribution is -2.70. The fraction of sp³-hybridized carbons (Fsp3) is 0.382. The number of benzene rings is 3. The van der Waals surface area contributed by atoms with Crippen molar-refractivity contribution >= 4 is 17.3 Å². The SMILES string of the molecule is Cc1cc(C)c(C(=O)N2C3CC2CN(c2ccccc2C#N)C3)cc1CN1C2CC1CN(c1ccccc1C#N)C2. The molecule has 3 aromatic rings. The van der Waals surface area contributed by atoms with Crippen LogP contribution in [0.4, 0.5) is 11.4 Å². The molecule has 6 fully saturated rings. The maximum absolute atomic E-state index is 13.9. The van der Waals surface area contributed by atoms with E-state index in [1.165, 1.54) is 17.5 Å². The minimum Gasteiger partial charge on any atom is -0.367 e. The van der Waals surface area contributed by atoms with Crippen molar-refractivity contribution in [3.8, 4) is 12.1 Å². The number of anilines is 2. The summed E-state index contributed by atoms with van der Waals surface area (Å²) in [5, 5.41) is 19.1. The largest absolute Gasteiger partial charge is 0.367 e. The molecule has 41 heavy (non-hydrogen) atoms. The molecule has 7 nitrogen and oxygen atoms in total. The zero-order valence-corrected chi connectivity index (χ0v) is 23.6. The van der Waals surface area contributed by atoms with E-state index in [0.29, 0.717) is 17.6 Å². The van der Waals surface area contributed by atoms with Gasteiger partial charge in [0.1, 0.15) is 12.1 Å². The summed E-state index contributed by atoms with van der Waals surface area (Å²) in [5.41, 5.74) is 7.77. The van der Waals surface area contributed by atoms with Gasteiger partial charge in [-0.1, -0.05) is 30.3 Å². The van der Waals surface area contributed by atoms with Crippen LogP contribution in [0.15, 0.2) is 60.7 Å². The number of carbonyl (C=O) groups is 1. The highest BCUT2D eigenvalue weighted by atomic mass is 16.2. The Morgan fingerprint density at radius 1 is 0.756 bits per heavy atom. The smallest absolute Gasteiger partial charge is 0.254 e. The first kappa shape index (κ1) is 25.6. The minimum atomic E-state index is 0.140. The van der Waals surface area contributed by atoms with Crippen LogP contribution in [0.2, 0.25) is 0 Å². The number of hydrogen-bond acceptors (Lipinski definition) is 6. The number of para-hydroxylation sites is 2. The van der Waals surface area contributed by atoms with Gasteiger partial charge in [0.25, 0.3) is 5.91 Å². The highest BCUT2D eigenvalue weighted by Crippen LogP contribution is 2.39. The van der Waals surface area contributed by atoms with Crippen LogP contribution in [0, 0.1) is 36.5 Å². The first-order chi connectivity index (χ1) is 19.9. The zero-order valence-electron chi connectivity index (χ0n) is 23.6. The van der Waals surface area contributed by atoms with Gasteiger partial charge in [0, 0.05) is 50.4 Å². The number of rotatable bonds is 5. The van der Waals surface area contributed by atoms with Crippen molar-refractivity contribution < 1.29 is 4.79 Å². The molecule has 0 saturated carbocycles. The highest BCUT2D eigenvalue weighted by Gasteiger charge is 2.48. The molecule has 7 heteroatoms. The number of nitriles is 2. The summed E-state index contributed by atoms with van der Waals surface area (Å²) in [6.07, 6.45) is 2.21. The molecule has 0 radical (unpaired) electrons. The molecule has 0 N–H and O–H groups in total. The number of hydrogen-bond donors (Lipinski definition) is 0. The Kier molecular flexibility index (Phi) is 6.21. The van der Waals surface area contributed by atoms with Gasteiger partial charge in [-0.15, -0.1) is 0 Å². The van der Waals surface area contributed by atoms with E-state index in [1.807, 2.05) is 42.5 Å². The fourth-order valence-corrected chi connectivity index (χ4v) is 7.60. The number of aryl methyl sites for hydroxylation is 2. The Morgan fingerprint density at radius 3 is 1.83 bits per heavy atom. The average molecular weight is 543 g/mol. The average Bonchev–Trinajstić information content (AvgIpc) is 3.00. The van der Waals surface area contributed by atoms with Crippen molar-refractivity contribution in [1.82, 2.24) is 9.80 Å². The molecule has 0 spiro atoms. The van der Waals surface area contributed by atoms with Crippen molar-refractivity contribution in [2.45, 2.75) is 57.4 Å². The molecular weight excluding hydrogens is 508 g/mol. The number of amides is 1. The second-order valence-electron chi connectivity index (χ2n) is 12.1. The first-order valence-corrected chi connectivity index (χ1v) is 14.6. The predicted octanol–water partition coefficient (Wildman–Crippen LogP) is 4.61. The van der Waals surface area contributed by atoms with Crippen LogP contribution in [0.1, 0.15) is 51.0 Å². The molecule has 4 unspecified atom stereocenters. The van der Waals surface area contributed by atoms with Gasteiger partial charge in [-0.25, -0.2) is 0 Å². The molecule has 0 aliphatic carbocycles. The van der Waals surface area contributed by atoms with Gasteiger partial charge >= 0.3 is 0 Å². The molecule has 0 aromatic heterocycles. The van der Waals surface area contributed by atoms with Crippen LogP contribution in [-0.2, 0) is 6.54 Å². The van der Waals surface area contributed by atoms with Gasteiger partial charge < -0.3 is 14.7 Å². The van der Waals surface area contributed by atoms with E-state index >= 15 is 0 Å². The van der Waals surface area contributed by atoms with E-state index in [1.54, 1.807) is 0 Å². The standard InChI is InChI=1S/C34H34N6O/c1-22-11-23(2)31(34(41)40-29-14-30(40)21-38(20-29)33-10-6-4-8-25(33)16-36)12-26(22)17-39-27-13-28(39)19-37(18-27)32-9-5-3-7-24(32)15-35/h3-12,27-30H,13-14,17-21H2,1-2H3. The molecular formula is C34H34N6O. The van der Waals surface area contributed by atoms with E-state index in [-0.39, 0.29) is 18.0 Å². The molecule has 4 bridgehead atoms. The number of fused-ring (bicyclic) bond motifs is 4. The summed E-state index contributed by atoms with van der Waals surface area (Å²) < 4.78 is 0. The fourth-order valence-electron chi connectivity index (χ4n) is 7.60. The van der Waals surface area contributed by atoms with Crippen LogP contribution >= 0.6 is 0 Å². The number of carbonyl (C=O) groups excluding carboxylic acids is 1. The molecule has 6 heterocycles. The predicted molar refractivity (Wildman–Crippen MR) is 159 cm³/mol. The number of nitrogens with zero attached hydrogens (tertiary/aromatic N) is 6. The lowest BCUT2D eigenvalue weighted by molar-refractivity contribution is -0.00866. The van der Waals surface area contributed by atoms with E-state index in [0.717, 1.165) is 67.2 Å². The molecule has 6 aliphatic heterocycles. The zero-order chi connectivity index (χ0) is 28.2. The molecule has 6 aliphatic rings. The maximum atomic E-state index is 13.9. The molecule has 3 aromatic carbocycles. The van der Waals surface area contributed by atoms with E-state index < -0.39 is 0 Å². The van der Waals surface area contributed by atoms with E-state index in [2.05, 4.69) is 63.8 Å².